The van der Waals surface area contributed by atoms with E-state index in [4.69, 9.17) is 5.73 Å². The van der Waals surface area contributed by atoms with E-state index in [0.717, 1.165) is 29.4 Å². The summed E-state index contributed by atoms with van der Waals surface area (Å²) < 4.78 is 0.766. The molecule has 0 saturated heterocycles. The average Bonchev–Trinajstić information content (AvgIpc) is 2.95. The summed E-state index contributed by atoms with van der Waals surface area (Å²) in [6, 6.07) is 0.184. The van der Waals surface area contributed by atoms with Crippen LogP contribution in [0.4, 0.5) is 0 Å². The molecule has 1 aromatic heterocycles. The Morgan fingerprint density at radius 3 is 2.89 bits per heavy atom. The number of amides is 1. The first-order valence-corrected chi connectivity index (χ1v) is 7.58. The normalized spacial score (nSPS) is 23.0. The van der Waals surface area contributed by atoms with Crippen molar-refractivity contribution in [2.45, 2.75) is 45.1 Å². The number of carbonyl (C=O) groups excluding carboxylic acids is 1. The fourth-order valence-electron chi connectivity index (χ4n) is 2.62. The molecule has 0 aromatic carbocycles. The Morgan fingerprint density at radius 1 is 1.58 bits per heavy atom. The number of nitrogens with one attached hydrogen (secondary N) is 2. The van der Waals surface area contributed by atoms with Crippen LogP contribution in [-0.2, 0) is 0 Å². The number of hydrogen-bond acceptors (Lipinski definition) is 3. The number of aromatic nitrogens is 2. The third-order valence-corrected chi connectivity index (χ3v) is 4.61. The molecule has 2 rings (SSSR count). The van der Waals surface area contributed by atoms with E-state index >= 15 is 0 Å². The maximum Gasteiger partial charge on any atom is 0.273 e. The molecule has 2 atom stereocenters. The highest BCUT2D eigenvalue weighted by atomic mass is 79.9. The first-order valence-electron chi connectivity index (χ1n) is 6.79. The Balaban J connectivity index is 2.08. The van der Waals surface area contributed by atoms with Crippen LogP contribution in [0.15, 0.2) is 4.47 Å². The first kappa shape index (κ1) is 14.5. The number of carbonyl (C=O) groups is 1. The second kappa shape index (κ2) is 6.05. The minimum absolute atomic E-state index is 0.125. The van der Waals surface area contributed by atoms with Crippen molar-refractivity contribution in [2.75, 3.05) is 6.54 Å². The molecule has 4 N–H and O–H groups in total. The van der Waals surface area contributed by atoms with E-state index in [2.05, 4.69) is 45.3 Å². The van der Waals surface area contributed by atoms with Crippen molar-refractivity contribution in [2.24, 2.45) is 11.7 Å². The molecule has 1 heterocycles. The Hall–Kier alpha value is -0.880. The van der Waals surface area contributed by atoms with Gasteiger partial charge in [-0.1, -0.05) is 20.3 Å². The molecule has 19 heavy (non-hydrogen) atoms. The number of hydrogen-bond donors (Lipinski definition) is 3. The highest BCUT2D eigenvalue weighted by Gasteiger charge is 2.29. The highest BCUT2D eigenvalue weighted by molar-refractivity contribution is 9.10. The molecule has 106 valence electrons. The molecule has 1 aliphatic carbocycles. The predicted molar refractivity (Wildman–Crippen MR) is 78.0 cm³/mol. The molecule has 1 aliphatic rings. The second-order valence-corrected chi connectivity index (χ2v) is 6.25. The SMILES string of the molecule is CC(C)c1[nH]nc(C(=O)NC2CCCC2CN)c1Br. The smallest absolute Gasteiger partial charge is 0.273 e. The lowest BCUT2D eigenvalue weighted by atomic mass is 10.0. The van der Waals surface area contributed by atoms with E-state index in [0.29, 0.717) is 24.1 Å². The molecule has 1 amide bonds. The minimum atomic E-state index is -0.125. The van der Waals surface area contributed by atoms with E-state index in [1.54, 1.807) is 0 Å². The van der Waals surface area contributed by atoms with Gasteiger partial charge in [0.2, 0.25) is 0 Å². The van der Waals surface area contributed by atoms with Crippen molar-refractivity contribution in [3.8, 4) is 0 Å². The Kier molecular flexibility index (Phi) is 4.62. The van der Waals surface area contributed by atoms with E-state index in [9.17, 15) is 4.79 Å². The van der Waals surface area contributed by atoms with Crippen molar-refractivity contribution in [1.29, 1.82) is 0 Å². The molecule has 2 unspecified atom stereocenters. The maximum atomic E-state index is 12.3. The lowest BCUT2D eigenvalue weighted by Gasteiger charge is -2.18. The van der Waals surface area contributed by atoms with Crippen molar-refractivity contribution >= 4 is 21.8 Å². The van der Waals surface area contributed by atoms with E-state index < -0.39 is 0 Å². The molecular weight excluding hydrogens is 308 g/mol. The Bertz CT molecular complexity index is 457. The summed E-state index contributed by atoms with van der Waals surface area (Å²) in [6.45, 7) is 4.74. The van der Waals surface area contributed by atoms with Crippen molar-refractivity contribution < 1.29 is 4.79 Å². The number of H-pyrrole nitrogens is 1. The number of nitrogens with zero attached hydrogens (tertiary/aromatic N) is 1. The van der Waals surface area contributed by atoms with Gasteiger partial charge in [0.05, 0.1) is 10.2 Å². The highest BCUT2D eigenvalue weighted by Crippen LogP contribution is 2.27. The number of halogens is 1. The third-order valence-electron chi connectivity index (χ3n) is 3.80. The Morgan fingerprint density at radius 2 is 2.32 bits per heavy atom. The third kappa shape index (κ3) is 3.00. The molecule has 5 nitrogen and oxygen atoms in total. The monoisotopic (exact) mass is 328 g/mol. The van der Waals surface area contributed by atoms with Gasteiger partial charge in [0, 0.05) is 6.04 Å². The summed E-state index contributed by atoms with van der Waals surface area (Å²) in [5.74, 6) is 0.568. The van der Waals surface area contributed by atoms with Crippen LogP contribution < -0.4 is 11.1 Å². The standard InChI is InChI=1S/C13H21BrN4O/c1-7(2)11-10(14)12(18-17-11)13(19)16-9-5-3-4-8(9)6-15/h7-9H,3-6,15H2,1-2H3,(H,16,19)(H,17,18). The van der Waals surface area contributed by atoms with Crippen LogP contribution in [0.25, 0.3) is 0 Å². The maximum absolute atomic E-state index is 12.3. The van der Waals surface area contributed by atoms with Gasteiger partial charge >= 0.3 is 0 Å². The van der Waals surface area contributed by atoms with E-state index in [-0.39, 0.29) is 11.9 Å². The van der Waals surface area contributed by atoms with Crippen molar-refractivity contribution in [3.63, 3.8) is 0 Å². The topological polar surface area (TPSA) is 83.8 Å². The Labute approximate surface area is 121 Å². The van der Waals surface area contributed by atoms with Crippen LogP contribution in [-0.4, -0.2) is 28.7 Å². The molecule has 1 aromatic rings. The van der Waals surface area contributed by atoms with Gasteiger partial charge in [0.1, 0.15) is 0 Å². The molecule has 0 aliphatic heterocycles. The van der Waals surface area contributed by atoms with Crippen molar-refractivity contribution in [3.05, 3.63) is 15.9 Å². The fourth-order valence-corrected chi connectivity index (χ4v) is 3.44. The quantitative estimate of drug-likeness (QED) is 0.791. The fraction of sp³-hybridized carbons (Fsp3) is 0.692. The lowest BCUT2D eigenvalue weighted by Crippen LogP contribution is -2.40. The molecular formula is C13H21BrN4O. The van der Waals surface area contributed by atoms with Crippen molar-refractivity contribution in [1.82, 2.24) is 15.5 Å². The van der Waals surface area contributed by atoms with Gasteiger partial charge in [-0.2, -0.15) is 5.10 Å². The van der Waals surface area contributed by atoms with Gasteiger partial charge in [-0.25, -0.2) is 0 Å². The molecule has 6 heteroatoms. The lowest BCUT2D eigenvalue weighted by molar-refractivity contribution is 0.0923. The predicted octanol–water partition coefficient (Wildman–Crippen LogP) is 2.15. The number of nitrogens with two attached hydrogens (primary N) is 1. The molecule has 0 bridgehead atoms. The van der Waals surface area contributed by atoms with Crippen LogP contribution >= 0.6 is 15.9 Å². The second-order valence-electron chi connectivity index (χ2n) is 5.46. The largest absolute Gasteiger partial charge is 0.348 e. The van der Waals surface area contributed by atoms with Gasteiger partial charge in [-0.3, -0.25) is 9.89 Å². The summed E-state index contributed by atoms with van der Waals surface area (Å²) in [5, 5.41) is 10.1. The molecule has 1 saturated carbocycles. The van der Waals surface area contributed by atoms with E-state index in [1.165, 1.54) is 0 Å². The van der Waals surface area contributed by atoms with Crippen LogP contribution in [0, 0.1) is 5.92 Å². The summed E-state index contributed by atoms with van der Waals surface area (Å²) in [7, 11) is 0. The number of rotatable bonds is 4. The zero-order valence-corrected chi connectivity index (χ0v) is 13.0. The van der Waals surface area contributed by atoms with Crippen LogP contribution in [0.1, 0.15) is 55.2 Å². The summed E-state index contributed by atoms with van der Waals surface area (Å²) in [5.41, 5.74) is 7.12. The van der Waals surface area contributed by atoms with E-state index in [1.807, 2.05) is 0 Å². The van der Waals surface area contributed by atoms with Gasteiger partial charge in [-0.15, -0.1) is 0 Å². The average molecular weight is 329 g/mol. The van der Waals surface area contributed by atoms with Crippen LogP contribution in [0.2, 0.25) is 0 Å². The minimum Gasteiger partial charge on any atom is -0.348 e. The van der Waals surface area contributed by atoms with Gasteiger partial charge in [0.25, 0.3) is 5.91 Å². The molecule has 1 fully saturated rings. The zero-order chi connectivity index (χ0) is 14.0. The first-order chi connectivity index (χ1) is 9.04. The van der Waals surface area contributed by atoms with Gasteiger partial charge in [-0.05, 0) is 47.2 Å². The summed E-state index contributed by atoms with van der Waals surface area (Å²) >= 11 is 3.45. The van der Waals surface area contributed by atoms with Gasteiger partial charge in [0.15, 0.2) is 5.69 Å². The zero-order valence-electron chi connectivity index (χ0n) is 11.4. The summed E-state index contributed by atoms with van der Waals surface area (Å²) in [4.78, 5) is 12.3. The van der Waals surface area contributed by atoms with Crippen LogP contribution in [0.5, 0.6) is 0 Å². The molecule has 0 radical (unpaired) electrons. The number of aromatic amines is 1. The van der Waals surface area contributed by atoms with Crippen LogP contribution in [0.3, 0.4) is 0 Å². The molecule has 0 spiro atoms. The summed E-state index contributed by atoms with van der Waals surface area (Å²) in [6.07, 6.45) is 3.24. The van der Waals surface area contributed by atoms with Gasteiger partial charge < -0.3 is 11.1 Å².